The maximum Gasteiger partial charge on any atom is 0.251 e. The summed E-state index contributed by atoms with van der Waals surface area (Å²) in [7, 11) is 0. The number of carbonyl (C=O) groups excluding carboxylic acids is 2. The predicted molar refractivity (Wildman–Crippen MR) is 123 cm³/mol. The molecule has 8 heteroatoms. The zero-order valence-corrected chi connectivity index (χ0v) is 18.3. The highest BCUT2D eigenvalue weighted by atomic mass is 16.6. The summed E-state index contributed by atoms with van der Waals surface area (Å²) in [6.07, 6.45) is 0.300. The van der Waals surface area contributed by atoms with Gasteiger partial charge >= 0.3 is 0 Å². The number of benzene rings is 2. The molecule has 2 aliphatic heterocycles. The van der Waals surface area contributed by atoms with Crippen LogP contribution in [0.4, 0.5) is 5.82 Å². The van der Waals surface area contributed by atoms with Crippen molar-refractivity contribution in [2.75, 3.05) is 31.3 Å². The Kier molecular flexibility index (Phi) is 6.19. The zero-order chi connectivity index (χ0) is 22.6. The van der Waals surface area contributed by atoms with Gasteiger partial charge in [-0.15, -0.1) is 0 Å². The maximum atomic E-state index is 12.7. The molecule has 1 N–H and O–H groups in total. The highest BCUT2D eigenvalue weighted by Gasteiger charge is 2.26. The Morgan fingerprint density at radius 3 is 2.67 bits per heavy atom. The summed E-state index contributed by atoms with van der Waals surface area (Å²) < 4.78 is 12.8. The van der Waals surface area contributed by atoms with Gasteiger partial charge in [0, 0.05) is 30.2 Å². The average Bonchev–Trinajstić information content (AvgIpc) is 3.31. The van der Waals surface area contributed by atoms with E-state index in [0.29, 0.717) is 51.4 Å². The van der Waals surface area contributed by atoms with Crippen LogP contribution >= 0.6 is 0 Å². The van der Waals surface area contributed by atoms with Crippen LogP contribution in [0.3, 0.4) is 0 Å². The lowest BCUT2D eigenvalue weighted by molar-refractivity contribution is -0.119. The molecule has 2 amide bonds. The molecule has 33 heavy (non-hydrogen) atoms. The van der Waals surface area contributed by atoms with E-state index >= 15 is 0 Å². The van der Waals surface area contributed by atoms with E-state index in [4.69, 9.17) is 14.6 Å². The van der Waals surface area contributed by atoms with E-state index in [1.54, 1.807) is 17.0 Å². The number of amides is 2. The molecule has 0 aliphatic carbocycles. The third-order valence-corrected chi connectivity index (χ3v) is 5.88. The highest BCUT2D eigenvalue weighted by Crippen LogP contribution is 2.29. The van der Waals surface area contributed by atoms with Gasteiger partial charge in [-0.1, -0.05) is 42.5 Å². The third kappa shape index (κ3) is 4.81. The van der Waals surface area contributed by atoms with Crippen LogP contribution in [0.25, 0.3) is 11.3 Å². The summed E-state index contributed by atoms with van der Waals surface area (Å²) in [5.41, 5.74) is 3.38. The minimum atomic E-state index is -0.157. The largest absolute Gasteiger partial charge is 0.376 e. The Morgan fingerprint density at radius 2 is 1.91 bits per heavy atom. The summed E-state index contributed by atoms with van der Waals surface area (Å²) in [6, 6.07) is 19.2. The van der Waals surface area contributed by atoms with Gasteiger partial charge in [0.25, 0.3) is 5.91 Å². The molecule has 5 rings (SSSR count). The summed E-state index contributed by atoms with van der Waals surface area (Å²) in [4.78, 5) is 26.9. The van der Waals surface area contributed by atoms with Crippen molar-refractivity contribution in [2.24, 2.45) is 0 Å². The highest BCUT2D eigenvalue weighted by molar-refractivity contribution is 5.95. The van der Waals surface area contributed by atoms with Crippen LogP contribution in [0.15, 0.2) is 60.7 Å². The lowest BCUT2D eigenvalue weighted by Crippen LogP contribution is -2.39. The number of hydrogen-bond acceptors (Lipinski definition) is 5. The first-order chi connectivity index (χ1) is 16.2. The monoisotopic (exact) mass is 446 g/mol. The normalized spacial score (nSPS) is 18.1. The molecule has 8 nitrogen and oxygen atoms in total. The Hall–Kier alpha value is -3.49. The van der Waals surface area contributed by atoms with Gasteiger partial charge in [0.2, 0.25) is 5.91 Å². The molecule has 1 atom stereocenters. The summed E-state index contributed by atoms with van der Waals surface area (Å²) in [5.74, 6) is 0.704. The summed E-state index contributed by atoms with van der Waals surface area (Å²) in [5, 5.41) is 7.58. The van der Waals surface area contributed by atoms with Crippen LogP contribution in [-0.4, -0.2) is 54.1 Å². The summed E-state index contributed by atoms with van der Waals surface area (Å²) in [6.45, 7) is 3.05. The number of aryl methyl sites for hydroxylation is 1. The van der Waals surface area contributed by atoms with Gasteiger partial charge in [-0.3, -0.25) is 14.5 Å². The number of hydrogen-bond donors (Lipinski definition) is 1. The average molecular weight is 447 g/mol. The number of aromatic nitrogens is 2. The van der Waals surface area contributed by atoms with Crippen LogP contribution in [0, 0.1) is 0 Å². The van der Waals surface area contributed by atoms with Gasteiger partial charge < -0.3 is 14.8 Å². The van der Waals surface area contributed by atoms with E-state index in [0.717, 1.165) is 22.6 Å². The Morgan fingerprint density at radius 1 is 1.09 bits per heavy atom. The Bertz CT molecular complexity index is 1120. The quantitative estimate of drug-likeness (QED) is 0.629. The fraction of sp³-hybridized carbons (Fsp3) is 0.320. The first-order valence-electron chi connectivity index (χ1n) is 11.2. The SMILES string of the molecule is O=C(NC[C@@H]1COCCO1)c1ccc(CN2C(=O)CCn3nc(-c4ccccc4)cc32)cc1. The van der Waals surface area contributed by atoms with Crippen LogP contribution in [-0.2, 0) is 27.4 Å². The van der Waals surface area contributed by atoms with Crippen LogP contribution in [0.5, 0.6) is 0 Å². The zero-order valence-electron chi connectivity index (χ0n) is 18.3. The molecule has 0 radical (unpaired) electrons. The molecule has 0 saturated carbocycles. The van der Waals surface area contributed by atoms with Crippen LogP contribution in [0.1, 0.15) is 22.3 Å². The van der Waals surface area contributed by atoms with Crippen molar-refractivity contribution >= 4 is 17.6 Å². The second-order valence-electron chi connectivity index (χ2n) is 8.18. The molecule has 0 bridgehead atoms. The molecular weight excluding hydrogens is 420 g/mol. The fourth-order valence-electron chi connectivity index (χ4n) is 4.08. The first-order valence-corrected chi connectivity index (χ1v) is 11.2. The molecule has 0 unspecified atom stereocenters. The number of rotatable bonds is 6. The van der Waals surface area contributed by atoms with Gasteiger partial charge in [0.1, 0.15) is 5.82 Å². The van der Waals surface area contributed by atoms with E-state index < -0.39 is 0 Å². The minimum Gasteiger partial charge on any atom is -0.376 e. The van der Waals surface area contributed by atoms with Gasteiger partial charge in [-0.25, -0.2) is 4.68 Å². The van der Waals surface area contributed by atoms with Gasteiger partial charge in [-0.2, -0.15) is 5.10 Å². The van der Waals surface area contributed by atoms with E-state index in [1.807, 2.05) is 53.2 Å². The molecule has 1 saturated heterocycles. The Balaban J connectivity index is 1.26. The molecule has 2 aromatic carbocycles. The Labute approximate surface area is 192 Å². The van der Waals surface area contributed by atoms with Crippen molar-refractivity contribution in [3.8, 4) is 11.3 Å². The molecule has 0 spiro atoms. The second-order valence-corrected chi connectivity index (χ2v) is 8.18. The van der Waals surface area contributed by atoms with Crippen molar-refractivity contribution in [3.63, 3.8) is 0 Å². The minimum absolute atomic E-state index is 0.0681. The van der Waals surface area contributed by atoms with Crippen LogP contribution < -0.4 is 10.2 Å². The molecule has 1 aromatic heterocycles. The predicted octanol–water partition coefficient (Wildman–Crippen LogP) is 2.63. The van der Waals surface area contributed by atoms with Crippen molar-refractivity contribution in [2.45, 2.75) is 25.6 Å². The number of anilines is 1. The van der Waals surface area contributed by atoms with E-state index in [-0.39, 0.29) is 17.9 Å². The number of fused-ring (bicyclic) bond motifs is 1. The molecule has 3 heterocycles. The number of nitrogens with one attached hydrogen (secondary N) is 1. The second kappa shape index (κ2) is 9.56. The van der Waals surface area contributed by atoms with Gasteiger partial charge in [0.15, 0.2) is 0 Å². The van der Waals surface area contributed by atoms with Crippen molar-refractivity contribution in [1.82, 2.24) is 15.1 Å². The van der Waals surface area contributed by atoms with Gasteiger partial charge in [-0.05, 0) is 17.7 Å². The van der Waals surface area contributed by atoms with Crippen LogP contribution in [0.2, 0.25) is 0 Å². The first kappa shape index (κ1) is 21.4. The molecule has 3 aromatic rings. The van der Waals surface area contributed by atoms with Gasteiger partial charge in [0.05, 0.1) is 44.7 Å². The molecule has 170 valence electrons. The van der Waals surface area contributed by atoms with E-state index in [1.165, 1.54) is 0 Å². The molecule has 2 aliphatic rings. The van der Waals surface area contributed by atoms with E-state index in [9.17, 15) is 9.59 Å². The number of carbonyl (C=O) groups is 2. The third-order valence-electron chi connectivity index (χ3n) is 5.88. The van der Waals surface area contributed by atoms with Crippen molar-refractivity contribution in [3.05, 3.63) is 71.8 Å². The smallest absolute Gasteiger partial charge is 0.251 e. The number of ether oxygens (including phenoxy) is 2. The maximum absolute atomic E-state index is 12.7. The fourth-order valence-corrected chi connectivity index (χ4v) is 4.08. The van der Waals surface area contributed by atoms with E-state index in [2.05, 4.69) is 5.32 Å². The lowest BCUT2D eigenvalue weighted by atomic mass is 10.1. The molecule has 1 fully saturated rings. The van der Waals surface area contributed by atoms with Crippen molar-refractivity contribution in [1.29, 1.82) is 0 Å². The topological polar surface area (TPSA) is 85.7 Å². The molecular formula is C25H26N4O4. The van der Waals surface area contributed by atoms with Crippen molar-refractivity contribution < 1.29 is 19.1 Å². The lowest BCUT2D eigenvalue weighted by Gasteiger charge is -2.27. The number of nitrogens with zero attached hydrogens (tertiary/aromatic N) is 3. The summed E-state index contributed by atoms with van der Waals surface area (Å²) >= 11 is 0. The standard InChI is InChI=1S/C25H26N4O4/c30-24-10-11-29-23(14-22(27-29)19-4-2-1-3-5-19)28(24)16-18-6-8-20(9-7-18)25(31)26-15-21-17-32-12-13-33-21/h1-9,14,21H,10-13,15-17H2,(H,26,31)/t21-/m1/s1.